The van der Waals surface area contributed by atoms with Gasteiger partial charge in [0, 0.05) is 0 Å². The van der Waals surface area contributed by atoms with Crippen LogP contribution in [0.15, 0.2) is 0 Å². The standard InChI is InChI=1S/C14H22O2/c15-13(16)9-14-4-3-10-1-2-11(7-14)6-12(5-10)8-14/h10-12H,1-9H2,(H,15,16). The van der Waals surface area contributed by atoms with Gasteiger partial charge in [-0.25, -0.2) is 0 Å². The molecule has 0 heterocycles. The molecule has 2 heteroatoms. The number of carboxylic acid groups (broad SMARTS) is 1. The highest BCUT2D eigenvalue weighted by atomic mass is 16.4. The number of carbonyl (C=O) groups is 1. The number of hydrogen-bond donors (Lipinski definition) is 1. The molecule has 0 amide bonds. The van der Waals surface area contributed by atoms with Crippen molar-refractivity contribution >= 4 is 5.97 Å². The van der Waals surface area contributed by atoms with E-state index in [1.807, 2.05) is 0 Å². The Kier molecular flexibility index (Phi) is 2.49. The van der Waals surface area contributed by atoms with Crippen LogP contribution in [0.2, 0.25) is 0 Å². The van der Waals surface area contributed by atoms with Crippen LogP contribution in [0.4, 0.5) is 0 Å². The van der Waals surface area contributed by atoms with Gasteiger partial charge in [-0.05, 0) is 61.7 Å². The summed E-state index contributed by atoms with van der Waals surface area (Å²) >= 11 is 0. The average Bonchev–Trinajstić information content (AvgIpc) is 2.40. The molecule has 3 aliphatic carbocycles. The van der Waals surface area contributed by atoms with Crippen LogP contribution in [0, 0.1) is 23.2 Å². The maximum Gasteiger partial charge on any atom is 0.303 e. The van der Waals surface area contributed by atoms with Crippen LogP contribution < -0.4 is 0 Å². The Morgan fingerprint density at radius 2 is 1.75 bits per heavy atom. The second kappa shape index (κ2) is 3.75. The summed E-state index contributed by atoms with van der Waals surface area (Å²) in [5.74, 6) is 2.06. The third-order valence-corrected chi connectivity index (χ3v) is 5.37. The van der Waals surface area contributed by atoms with Crippen molar-refractivity contribution < 1.29 is 9.90 Å². The van der Waals surface area contributed by atoms with E-state index < -0.39 is 5.97 Å². The maximum absolute atomic E-state index is 11.1. The molecule has 0 spiro atoms. The number of carboxylic acids is 1. The monoisotopic (exact) mass is 222 g/mol. The van der Waals surface area contributed by atoms with Gasteiger partial charge in [0.05, 0.1) is 6.42 Å². The van der Waals surface area contributed by atoms with Crippen LogP contribution >= 0.6 is 0 Å². The van der Waals surface area contributed by atoms with E-state index in [-0.39, 0.29) is 5.41 Å². The predicted octanol–water partition coefficient (Wildman–Crippen LogP) is 3.46. The predicted molar refractivity (Wildman–Crippen MR) is 62.1 cm³/mol. The van der Waals surface area contributed by atoms with E-state index >= 15 is 0 Å². The molecule has 3 fully saturated rings. The van der Waals surface area contributed by atoms with Crippen molar-refractivity contribution in [2.75, 3.05) is 0 Å². The molecule has 3 aliphatic rings. The molecule has 2 nitrogen and oxygen atoms in total. The first-order valence-electron chi connectivity index (χ1n) is 6.87. The second-order valence-corrected chi connectivity index (χ2v) is 6.66. The largest absolute Gasteiger partial charge is 0.481 e. The molecule has 0 aromatic carbocycles. The van der Waals surface area contributed by atoms with E-state index in [1.54, 1.807) is 0 Å². The quantitative estimate of drug-likeness (QED) is 0.777. The van der Waals surface area contributed by atoms with Crippen LogP contribution in [0.3, 0.4) is 0 Å². The third kappa shape index (κ3) is 1.87. The van der Waals surface area contributed by atoms with Crippen LogP contribution in [0.25, 0.3) is 0 Å². The zero-order valence-corrected chi connectivity index (χ0v) is 9.95. The van der Waals surface area contributed by atoms with Gasteiger partial charge in [0.15, 0.2) is 0 Å². The summed E-state index contributed by atoms with van der Waals surface area (Å²) in [4.78, 5) is 11.1. The van der Waals surface area contributed by atoms with Crippen LogP contribution in [0.5, 0.6) is 0 Å². The molecule has 0 aromatic heterocycles. The topological polar surface area (TPSA) is 37.3 Å². The van der Waals surface area contributed by atoms with Gasteiger partial charge in [-0.1, -0.05) is 12.8 Å². The molecule has 0 aliphatic heterocycles. The molecule has 16 heavy (non-hydrogen) atoms. The van der Waals surface area contributed by atoms with Gasteiger partial charge in [-0.2, -0.15) is 0 Å². The van der Waals surface area contributed by atoms with E-state index in [4.69, 9.17) is 5.11 Å². The second-order valence-electron chi connectivity index (χ2n) is 6.66. The van der Waals surface area contributed by atoms with E-state index in [2.05, 4.69) is 0 Å². The minimum atomic E-state index is -0.571. The zero-order chi connectivity index (χ0) is 11.2. The van der Waals surface area contributed by atoms with E-state index in [1.165, 1.54) is 51.4 Å². The van der Waals surface area contributed by atoms with Crippen LogP contribution in [0.1, 0.15) is 57.8 Å². The third-order valence-electron chi connectivity index (χ3n) is 5.37. The first-order chi connectivity index (χ1) is 7.65. The summed E-state index contributed by atoms with van der Waals surface area (Å²) < 4.78 is 0. The molecule has 4 bridgehead atoms. The molecule has 3 saturated carbocycles. The highest BCUT2D eigenvalue weighted by Crippen LogP contribution is 2.56. The minimum absolute atomic E-state index is 0.189. The fraction of sp³-hybridized carbons (Fsp3) is 0.929. The number of aliphatic carboxylic acids is 1. The van der Waals surface area contributed by atoms with Gasteiger partial charge in [0.1, 0.15) is 0 Å². The smallest absolute Gasteiger partial charge is 0.303 e. The molecule has 1 N–H and O–H groups in total. The lowest BCUT2D eigenvalue weighted by Gasteiger charge is -2.42. The Bertz CT molecular complexity index is 295. The Morgan fingerprint density at radius 1 is 1.06 bits per heavy atom. The van der Waals surface area contributed by atoms with Crippen LogP contribution in [-0.2, 0) is 4.79 Å². The fourth-order valence-corrected chi connectivity index (χ4v) is 4.94. The molecule has 0 saturated heterocycles. The van der Waals surface area contributed by atoms with Crippen molar-refractivity contribution in [2.45, 2.75) is 57.8 Å². The van der Waals surface area contributed by atoms with Crippen molar-refractivity contribution in [3.8, 4) is 0 Å². The molecule has 0 aromatic rings. The van der Waals surface area contributed by atoms with Gasteiger partial charge in [-0.15, -0.1) is 0 Å². The Balaban J connectivity index is 1.86. The van der Waals surface area contributed by atoms with Crippen molar-refractivity contribution in [2.24, 2.45) is 23.2 Å². The summed E-state index contributed by atoms with van der Waals surface area (Å²) in [5, 5.41) is 9.13. The summed E-state index contributed by atoms with van der Waals surface area (Å²) in [6.45, 7) is 0. The summed E-state index contributed by atoms with van der Waals surface area (Å²) in [5.41, 5.74) is 0.189. The Hall–Kier alpha value is -0.530. The number of rotatable bonds is 2. The summed E-state index contributed by atoms with van der Waals surface area (Å²) in [6.07, 6.45) is 11.0. The molecule has 0 radical (unpaired) electrons. The highest BCUT2D eigenvalue weighted by Gasteiger charge is 2.46. The van der Waals surface area contributed by atoms with Gasteiger partial charge < -0.3 is 5.11 Å². The van der Waals surface area contributed by atoms with Crippen molar-refractivity contribution in [3.05, 3.63) is 0 Å². The Morgan fingerprint density at radius 3 is 2.56 bits per heavy atom. The van der Waals surface area contributed by atoms with Crippen molar-refractivity contribution in [1.82, 2.24) is 0 Å². The first-order valence-corrected chi connectivity index (χ1v) is 6.87. The molecule has 4 unspecified atom stereocenters. The van der Waals surface area contributed by atoms with Gasteiger partial charge in [0.25, 0.3) is 0 Å². The number of fused-ring (bicyclic) bond motifs is 3. The van der Waals surface area contributed by atoms with Crippen molar-refractivity contribution in [3.63, 3.8) is 0 Å². The van der Waals surface area contributed by atoms with Crippen molar-refractivity contribution in [1.29, 1.82) is 0 Å². The highest BCUT2D eigenvalue weighted by molar-refractivity contribution is 5.67. The summed E-state index contributed by atoms with van der Waals surface area (Å²) in [6, 6.07) is 0. The molecular weight excluding hydrogens is 200 g/mol. The molecule has 4 atom stereocenters. The first kappa shape index (κ1) is 10.6. The molecule has 90 valence electrons. The normalized spacial score (nSPS) is 46.4. The van der Waals surface area contributed by atoms with Crippen LogP contribution in [-0.4, -0.2) is 11.1 Å². The van der Waals surface area contributed by atoms with E-state index in [9.17, 15) is 4.79 Å². The fourth-order valence-electron chi connectivity index (χ4n) is 4.94. The lowest BCUT2D eigenvalue weighted by molar-refractivity contribution is -0.141. The van der Waals surface area contributed by atoms with Gasteiger partial charge >= 0.3 is 5.97 Å². The minimum Gasteiger partial charge on any atom is -0.481 e. The molecule has 3 rings (SSSR count). The lowest BCUT2D eigenvalue weighted by atomic mass is 9.62. The molecular formula is C14H22O2. The lowest BCUT2D eigenvalue weighted by Crippen LogP contribution is -2.34. The maximum atomic E-state index is 11.1. The van der Waals surface area contributed by atoms with E-state index in [0.29, 0.717) is 6.42 Å². The SMILES string of the molecule is O=C(O)CC12CCC3CCC(CC(C3)C1)C2. The average molecular weight is 222 g/mol. The van der Waals surface area contributed by atoms with E-state index in [0.717, 1.165) is 17.8 Å². The van der Waals surface area contributed by atoms with Gasteiger partial charge in [0.2, 0.25) is 0 Å². The Labute approximate surface area is 97.4 Å². The summed E-state index contributed by atoms with van der Waals surface area (Å²) in [7, 11) is 0. The number of hydrogen-bond acceptors (Lipinski definition) is 1. The van der Waals surface area contributed by atoms with Gasteiger partial charge in [-0.3, -0.25) is 4.79 Å². The zero-order valence-electron chi connectivity index (χ0n) is 9.95.